The minimum atomic E-state index is 0.264. The molecule has 0 aliphatic heterocycles. The molecule has 0 nitrogen and oxygen atoms in total. The van der Waals surface area contributed by atoms with Crippen LogP contribution in [-0.4, -0.2) is 0 Å². The number of hydrogen-bond donors (Lipinski definition) is 0. The molecule has 0 heterocycles. The summed E-state index contributed by atoms with van der Waals surface area (Å²) in [6.45, 7) is 0. The topological polar surface area (TPSA) is 0 Å². The Kier molecular flexibility index (Phi) is 2.73. The van der Waals surface area contributed by atoms with E-state index in [1.165, 1.54) is 37.7 Å². The van der Waals surface area contributed by atoms with Crippen molar-refractivity contribution in [3.63, 3.8) is 0 Å². The first-order valence-corrected chi connectivity index (χ1v) is 5.76. The summed E-state index contributed by atoms with van der Waals surface area (Å²) in [5.41, 5.74) is 1.42. The van der Waals surface area contributed by atoms with Crippen LogP contribution in [0, 0.1) is 6.07 Å². The molecule has 1 heteroatoms. The Morgan fingerprint density at radius 3 is 2.31 bits per heavy atom. The second-order valence-electron chi connectivity index (χ2n) is 3.81. The van der Waals surface area contributed by atoms with E-state index in [9.17, 15) is 0 Å². The van der Waals surface area contributed by atoms with Gasteiger partial charge in [-0.05, 0) is 24.5 Å². The van der Waals surface area contributed by atoms with Gasteiger partial charge in [-0.1, -0.05) is 59.5 Å². The van der Waals surface area contributed by atoms with E-state index in [0.717, 1.165) is 0 Å². The van der Waals surface area contributed by atoms with Gasteiger partial charge >= 0.3 is 0 Å². The molecule has 0 aromatic heterocycles. The lowest BCUT2D eigenvalue weighted by molar-refractivity contribution is 0.415. The molecule has 1 aromatic carbocycles. The molecule has 0 amide bonds. The third-order valence-electron chi connectivity index (χ3n) is 2.88. The molecule has 0 N–H and O–H groups in total. The van der Waals surface area contributed by atoms with Crippen LogP contribution in [0.4, 0.5) is 0 Å². The number of halogens is 1. The number of rotatable bonds is 1. The molecule has 1 aliphatic rings. The highest BCUT2D eigenvalue weighted by Crippen LogP contribution is 2.44. The average Bonchev–Trinajstić information content (AvgIpc) is 2.20. The molecule has 13 heavy (non-hydrogen) atoms. The molecule has 0 bridgehead atoms. The van der Waals surface area contributed by atoms with E-state index >= 15 is 0 Å². The first-order valence-electron chi connectivity index (χ1n) is 4.97. The van der Waals surface area contributed by atoms with Gasteiger partial charge in [0.25, 0.3) is 0 Å². The maximum Gasteiger partial charge on any atom is 0.0506 e. The van der Waals surface area contributed by atoms with Gasteiger partial charge in [0.1, 0.15) is 0 Å². The van der Waals surface area contributed by atoms with Crippen LogP contribution < -0.4 is 0 Å². The van der Waals surface area contributed by atoms with E-state index in [4.69, 9.17) is 0 Å². The van der Waals surface area contributed by atoms with Crippen LogP contribution in [0.25, 0.3) is 0 Å². The van der Waals surface area contributed by atoms with Crippen molar-refractivity contribution in [1.29, 1.82) is 0 Å². The van der Waals surface area contributed by atoms with E-state index in [-0.39, 0.29) is 4.32 Å². The normalized spacial score (nSPS) is 21.3. The highest BCUT2D eigenvalue weighted by molar-refractivity contribution is 9.09. The summed E-state index contributed by atoms with van der Waals surface area (Å²) >= 11 is 3.89. The highest BCUT2D eigenvalue weighted by atomic mass is 79.9. The van der Waals surface area contributed by atoms with Crippen LogP contribution in [0.1, 0.15) is 37.7 Å². The molecular weight excluding hydrogens is 224 g/mol. The van der Waals surface area contributed by atoms with Crippen molar-refractivity contribution in [3.8, 4) is 0 Å². The van der Waals surface area contributed by atoms with E-state index in [2.05, 4.69) is 34.1 Å². The van der Waals surface area contributed by atoms with Crippen molar-refractivity contribution < 1.29 is 0 Å². The summed E-state index contributed by atoms with van der Waals surface area (Å²) in [6.07, 6.45) is 6.65. The van der Waals surface area contributed by atoms with Crippen molar-refractivity contribution in [1.82, 2.24) is 0 Å². The van der Waals surface area contributed by atoms with Crippen molar-refractivity contribution in [2.24, 2.45) is 0 Å². The Morgan fingerprint density at radius 1 is 1.08 bits per heavy atom. The van der Waals surface area contributed by atoms with E-state index in [1.54, 1.807) is 0 Å². The monoisotopic (exact) mass is 237 g/mol. The third kappa shape index (κ3) is 1.96. The Bertz CT molecular complexity index is 260. The zero-order valence-electron chi connectivity index (χ0n) is 7.72. The molecule has 1 aliphatic carbocycles. The summed E-state index contributed by atoms with van der Waals surface area (Å²) in [4.78, 5) is 0. The fraction of sp³-hybridized carbons (Fsp3) is 0.500. The van der Waals surface area contributed by atoms with Gasteiger partial charge in [0.2, 0.25) is 0 Å². The number of alkyl halides is 1. The van der Waals surface area contributed by atoms with Gasteiger partial charge < -0.3 is 0 Å². The third-order valence-corrected chi connectivity index (χ3v) is 4.13. The Balaban J connectivity index is 2.23. The van der Waals surface area contributed by atoms with Gasteiger partial charge in [-0.15, -0.1) is 0 Å². The summed E-state index contributed by atoms with van der Waals surface area (Å²) in [6, 6.07) is 11.4. The predicted molar refractivity (Wildman–Crippen MR) is 59.0 cm³/mol. The molecule has 1 aromatic rings. The van der Waals surface area contributed by atoms with Crippen LogP contribution in [0.15, 0.2) is 24.3 Å². The predicted octanol–water partition coefficient (Wildman–Crippen LogP) is 4.04. The fourth-order valence-electron chi connectivity index (χ4n) is 2.09. The maximum absolute atomic E-state index is 3.89. The summed E-state index contributed by atoms with van der Waals surface area (Å²) < 4.78 is 0.264. The molecule has 0 atom stereocenters. The highest BCUT2D eigenvalue weighted by Gasteiger charge is 2.30. The lowest BCUT2D eigenvalue weighted by Gasteiger charge is -2.32. The first kappa shape index (κ1) is 9.26. The molecule has 0 saturated heterocycles. The van der Waals surface area contributed by atoms with E-state index in [0.29, 0.717) is 0 Å². The molecule has 1 radical (unpaired) electrons. The molecule has 0 unspecified atom stereocenters. The zero-order valence-corrected chi connectivity index (χ0v) is 9.31. The largest absolute Gasteiger partial charge is 0.0801 e. The molecule has 69 valence electrons. The minimum absolute atomic E-state index is 0.264. The van der Waals surface area contributed by atoms with Gasteiger partial charge in [-0.25, -0.2) is 0 Å². The van der Waals surface area contributed by atoms with Crippen LogP contribution in [-0.2, 0) is 4.32 Å². The van der Waals surface area contributed by atoms with Gasteiger partial charge in [0, 0.05) is 0 Å². The second kappa shape index (κ2) is 3.83. The zero-order chi connectivity index (χ0) is 9.15. The summed E-state index contributed by atoms with van der Waals surface area (Å²) in [5.74, 6) is 0. The number of benzene rings is 1. The van der Waals surface area contributed by atoms with E-state index < -0.39 is 0 Å². The standard InChI is InChI=1S/C12H14Br/c13-12(9-5-2-6-10-12)11-7-3-1-4-8-11/h3-4,7-8H,2,5-6,9-10H2. The SMILES string of the molecule is BrC1(c2cc[c]cc2)CCCCC1. The second-order valence-corrected chi connectivity index (χ2v) is 5.33. The van der Waals surface area contributed by atoms with Gasteiger partial charge in [-0.3, -0.25) is 0 Å². The Hall–Kier alpha value is -0.300. The lowest BCUT2D eigenvalue weighted by atomic mass is 9.84. The quantitative estimate of drug-likeness (QED) is 0.647. The van der Waals surface area contributed by atoms with Crippen LogP contribution in [0.5, 0.6) is 0 Å². The Morgan fingerprint density at radius 2 is 1.69 bits per heavy atom. The van der Waals surface area contributed by atoms with Gasteiger partial charge in [-0.2, -0.15) is 0 Å². The average molecular weight is 238 g/mol. The van der Waals surface area contributed by atoms with Crippen LogP contribution in [0.3, 0.4) is 0 Å². The Labute approximate surface area is 88.5 Å². The van der Waals surface area contributed by atoms with Crippen LogP contribution >= 0.6 is 15.9 Å². The molecule has 2 rings (SSSR count). The molecule has 1 fully saturated rings. The fourth-order valence-corrected chi connectivity index (χ4v) is 2.91. The smallest absolute Gasteiger partial charge is 0.0506 e. The van der Waals surface area contributed by atoms with Gasteiger partial charge in [0.05, 0.1) is 4.32 Å². The van der Waals surface area contributed by atoms with Crippen molar-refractivity contribution in [2.75, 3.05) is 0 Å². The summed E-state index contributed by atoms with van der Waals surface area (Å²) in [5, 5.41) is 0. The molecular formula is C12H14Br. The number of hydrogen-bond acceptors (Lipinski definition) is 0. The summed E-state index contributed by atoms with van der Waals surface area (Å²) in [7, 11) is 0. The molecule has 0 spiro atoms. The lowest BCUT2D eigenvalue weighted by Crippen LogP contribution is -2.21. The van der Waals surface area contributed by atoms with Gasteiger partial charge in [0.15, 0.2) is 0 Å². The minimum Gasteiger partial charge on any atom is -0.0801 e. The van der Waals surface area contributed by atoms with Crippen LogP contribution in [0.2, 0.25) is 0 Å². The van der Waals surface area contributed by atoms with Crippen molar-refractivity contribution >= 4 is 15.9 Å². The van der Waals surface area contributed by atoms with Crippen molar-refractivity contribution in [3.05, 3.63) is 35.9 Å². The maximum atomic E-state index is 3.89. The first-order chi connectivity index (χ1) is 6.31. The molecule has 1 saturated carbocycles. The van der Waals surface area contributed by atoms with E-state index in [1.807, 2.05) is 12.1 Å². The van der Waals surface area contributed by atoms with Crippen molar-refractivity contribution in [2.45, 2.75) is 36.4 Å².